The zero-order valence-electron chi connectivity index (χ0n) is 18.8. The summed E-state index contributed by atoms with van der Waals surface area (Å²) in [5, 5.41) is 2.48. The van der Waals surface area contributed by atoms with Crippen molar-refractivity contribution in [2.45, 2.75) is 37.2 Å². The second-order valence-electron chi connectivity index (χ2n) is 8.41. The van der Waals surface area contributed by atoms with Gasteiger partial charge in [-0.3, -0.25) is 9.59 Å². The number of hydrogen-bond donors (Lipinski definition) is 1. The van der Waals surface area contributed by atoms with Crippen LogP contribution in [-0.4, -0.2) is 34.6 Å². The Morgan fingerprint density at radius 1 is 1.00 bits per heavy atom. The molecule has 3 aromatic rings. The molecule has 3 atom stereocenters. The Morgan fingerprint density at radius 3 is 2.41 bits per heavy atom. The Balaban J connectivity index is 1.53. The number of rotatable bonds is 7. The lowest BCUT2D eigenvalue weighted by Crippen LogP contribution is -2.50. The maximum absolute atomic E-state index is 13.9. The molecular weight excluding hydrogens is 454 g/mol. The summed E-state index contributed by atoms with van der Waals surface area (Å²) in [6.07, 6.45) is 1.57. The molecule has 7 heteroatoms. The van der Waals surface area contributed by atoms with E-state index in [0.29, 0.717) is 11.3 Å². The van der Waals surface area contributed by atoms with Crippen LogP contribution in [-0.2, 0) is 11.2 Å². The molecule has 0 aliphatic carbocycles. The third kappa shape index (κ3) is 5.65. The fourth-order valence-electron chi connectivity index (χ4n) is 4.08. The highest BCUT2D eigenvalue weighted by Gasteiger charge is 2.43. The first-order valence-corrected chi connectivity index (χ1v) is 12.3. The van der Waals surface area contributed by atoms with Gasteiger partial charge in [-0.2, -0.15) is 0 Å². The zero-order valence-corrected chi connectivity index (χ0v) is 19.6. The highest BCUT2D eigenvalue weighted by atomic mass is 32.2. The molecule has 34 heavy (non-hydrogen) atoms. The molecule has 3 aromatic carbocycles. The summed E-state index contributed by atoms with van der Waals surface area (Å²) in [5.41, 5.74) is 1.93. The van der Waals surface area contributed by atoms with E-state index in [1.807, 2.05) is 37.3 Å². The van der Waals surface area contributed by atoms with E-state index in [2.05, 4.69) is 5.32 Å². The molecule has 176 valence electrons. The van der Waals surface area contributed by atoms with Gasteiger partial charge in [0.15, 0.2) is 0 Å². The van der Waals surface area contributed by atoms with Gasteiger partial charge in [0.25, 0.3) is 5.91 Å². The van der Waals surface area contributed by atoms with Crippen LogP contribution in [0.3, 0.4) is 0 Å². The first kappa shape index (κ1) is 24.0. The first-order valence-electron chi connectivity index (χ1n) is 11.2. The molecule has 1 N–H and O–H groups in total. The molecule has 0 bridgehead atoms. The summed E-state index contributed by atoms with van der Waals surface area (Å²) in [7, 11) is 0. The Labute approximate surface area is 202 Å². The summed E-state index contributed by atoms with van der Waals surface area (Å²) in [5.74, 6) is -1.32. The predicted octanol–water partition coefficient (Wildman–Crippen LogP) is 5.36. The Hall–Kier alpha value is -3.19. The van der Waals surface area contributed by atoms with Crippen LogP contribution in [0.25, 0.3) is 0 Å². The van der Waals surface area contributed by atoms with Crippen LogP contribution in [0.15, 0.2) is 78.9 Å². The molecule has 2 amide bonds. The fourth-order valence-corrected chi connectivity index (χ4v) is 5.50. The minimum absolute atomic E-state index is 0.1000. The third-order valence-electron chi connectivity index (χ3n) is 5.84. The smallest absolute Gasteiger partial charge is 0.255 e. The number of benzene rings is 3. The molecule has 4 nitrogen and oxygen atoms in total. The van der Waals surface area contributed by atoms with Crippen LogP contribution in [0.5, 0.6) is 0 Å². The Bertz CT molecular complexity index is 1160. The highest BCUT2D eigenvalue weighted by Crippen LogP contribution is 2.42. The van der Waals surface area contributed by atoms with E-state index in [0.717, 1.165) is 18.9 Å². The highest BCUT2D eigenvalue weighted by molar-refractivity contribution is 7.99. The molecule has 4 rings (SSSR count). The van der Waals surface area contributed by atoms with Gasteiger partial charge in [-0.05, 0) is 61.2 Å². The topological polar surface area (TPSA) is 49.4 Å². The summed E-state index contributed by atoms with van der Waals surface area (Å²) in [4.78, 5) is 28.2. The van der Waals surface area contributed by atoms with Crippen LogP contribution >= 0.6 is 11.8 Å². The Morgan fingerprint density at radius 2 is 1.71 bits per heavy atom. The maximum Gasteiger partial charge on any atom is 0.255 e. The Kier molecular flexibility index (Phi) is 7.63. The lowest BCUT2D eigenvalue weighted by atomic mass is 10.1. The average molecular weight is 481 g/mol. The van der Waals surface area contributed by atoms with Crippen molar-refractivity contribution in [2.24, 2.45) is 0 Å². The fraction of sp³-hybridized carbons (Fsp3) is 0.259. The van der Waals surface area contributed by atoms with E-state index in [9.17, 15) is 18.4 Å². The molecule has 3 unspecified atom stereocenters. The van der Waals surface area contributed by atoms with Gasteiger partial charge in [0, 0.05) is 17.4 Å². The number of thioether (sulfide) groups is 1. The van der Waals surface area contributed by atoms with Crippen molar-refractivity contribution in [1.82, 2.24) is 10.2 Å². The van der Waals surface area contributed by atoms with E-state index < -0.39 is 29.0 Å². The van der Waals surface area contributed by atoms with Crippen LogP contribution < -0.4 is 5.32 Å². The van der Waals surface area contributed by atoms with E-state index >= 15 is 0 Å². The molecule has 1 saturated heterocycles. The molecule has 0 radical (unpaired) electrons. The molecule has 1 aliphatic rings. The number of carbonyl (C=O) groups is 2. The minimum Gasteiger partial charge on any atom is -0.352 e. The number of hydrogen-bond acceptors (Lipinski definition) is 3. The second-order valence-corrected chi connectivity index (χ2v) is 9.53. The molecule has 0 aromatic heterocycles. The number of nitrogens with one attached hydrogen (secondary N) is 1. The predicted molar refractivity (Wildman–Crippen MR) is 130 cm³/mol. The van der Waals surface area contributed by atoms with Gasteiger partial charge in [-0.15, -0.1) is 11.8 Å². The molecular formula is C27H26F2N2O2S. The summed E-state index contributed by atoms with van der Waals surface area (Å²) < 4.78 is 27.8. The van der Waals surface area contributed by atoms with E-state index in [-0.39, 0.29) is 17.5 Å². The lowest BCUT2D eigenvalue weighted by Gasteiger charge is -2.30. The summed E-state index contributed by atoms with van der Waals surface area (Å²) in [6.45, 7) is 1.94. The van der Waals surface area contributed by atoms with Crippen LogP contribution in [0.4, 0.5) is 8.78 Å². The molecule has 1 heterocycles. The normalized spacial score (nSPS) is 18.5. The monoisotopic (exact) mass is 480 g/mol. The SMILES string of the molecule is CC(CCc1ccccc1)NC(=O)C1CSC(c2cccc(F)c2)N1C(=O)c1cccc(F)c1. The average Bonchev–Trinajstić information content (AvgIpc) is 3.28. The van der Waals surface area contributed by atoms with Crippen molar-refractivity contribution in [3.05, 3.63) is 107 Å². The van der Waals surface area contributed by atoms with E-state index in [4.69, 9.17) is 0 Å². The summed E-state index contributed by atoms with van der Waals surface area (Å²) in [6, 6.07) is 20.6. The second kappa shape index (κ2) is 10.8. The van der Waals surface area contributed by atoms with Gasteiger partial charge in [0.05, 0.1) is 0 Å². The number of halogens is 2. The molecule has 1 fully saturated rings. The minimum atomic E-state index is -0.756. The van der Waals surface area contributed by atoms with Crippen LogP contribution in [0.1, 0.15) is 40.2 Å². The van der Waals surface area contributed by atoms with Crippen molar-refractivity contribution in [2.75, 3.05) is 5.75 Å². The van der Waals surface area contributed by atoms with Crippen LogP contribution in [0.2, 0.25) is 0 Å². The van der Waals surface area contributed by atoms with Crippen molar-refractivity contribution in [3.8, 4) is 0 Å². The van der Waals surface area contributed by atoms with Crippen molar-refractivity contribution in [3.63, 3.8) is 0 Å². The van der Waals surface area contributed by atoms with Crippen molar-refractivity contribution >= 4 is 23.6 Å². The van der Waals surface area contributed by atoms with Gasteiger partial charge >= 0.3 is 0 Å². The zero-order chi connectivity index (χ0) is 24.1. The lowest BCUT2D eigenvalue weighted by molar-refractivity contribution is -0.125. The van der Waals surface area contributed by atoms with Crippen molar-refractivity contribution in [1.29, 1.82) is 0 Å². The largest absolute Gasteiger partial charge is 0.352 e. The molecule has 0 saturated carbocycles. The van der Waals surface area contributed by atoms with Gasteiger partial charge in [0.2, 0.25) is 5.91 Å². The maximum atomic E-state index is 13.9. The van der Waals surface area contributed by atoms with E-state index in [1.165, 1.54) is 52.6 Å². The molecule has 1 aliphatic heterocycles. The third-order valence-corrected chi connectivity index (χ3v) is 7.16. The number of carbonyl (C=O) groups excluding carboxylic acids is 2. The quantitative estimate of drug-likeness (QED) is 0.495. The first-order chi connectivity index (χ1) is 16.4. The number of nitrogens with zero attached hydrogens (tertiary/aromatic N) is 1. The summed E-state index contributed by atoms with van der Waals surface area (Å²) >= 11 is 1.40. The van der Waals surface area contributed by atoms with Crippen LogP contribution in [0, 0.1) is 11.6 Å². The van der Waals surface area contributed by atoms with Gasteiger partial charge in [0.1, 0.15) is 23.1 Å². The number of amides is 2. The van der Waals surface area contributed by atoms with Crippen molar-refractivity contribution < 1.29 is 18.4 Å². The van der Waals surface area contributed by atoms with Gasteiger partial charge in [-0.25, -0.2) is 8.78 Å². The van der Waals surface area contributed by atoms with E-state index in [1.54, 1.807) is 12.1 Å². The molecule has 0 spiro atoms. The standard InChI is InChI=1S/C27H26F2N2O2S/c1-18(13-14-19-7-3-2-4-8-19)30-25(32)24-17-34-27(21-10-6-12-23(29)16-21)31(24)26(33)20-9-5-11-22(28)15-20/h2-12,15-16,18,24,27H,13-14,17H2,1H3,(H,30,32). The van der Waals surface area contributed by atoms with Gasteiger partial charge in [-0.1, -0.05) is 48.5 Å². The number of aryl methyl sites for hydroxylation is 1. The van der Waals surface area contributed by atoms with Gasteiger partial charge < -0.3 is 10.2 Å².